The number of carbonyl (C=O) groups is 1. The van der Waals surface area contributed by atoms with Gasteiger partial charge in [0.15, 0.2) is 11.0 Å². The molecule has 0 aliphatic carbocycles. The highest BCUT2D eigenvalue weighted by molar-refractivity contribution is 7.99. The van der Waals surface area contributed by atoms with E-state index in [-0.39, 0.29) is 11.9 Å². The number of amides is 1. The zero-order valence-electron chi connectivity index (χ0n) is 17.7. The Labute approximate surface area is 196 Å². The van der Waals surface area contributed by atoms with E-state index in [4.69, 9.17) is 23.2 Å². The number of aromatic nitrogens is 3. The molecule has 0 spiro atoms. The molecule has 1 unspecified atom stereocenters. The van der Waals surface area contributed by atoms with Crippen molar-refractivity contribution in [2.45, 2.75) is 31.1 Å². The van der Waals surface area contributed by atoms with Crippen LogP contribution in [0.15, 0.2) is 53.7 Å². The van der Waals surface area contributed by atoms with Gasteiger partial charge in [-0.2, -0.15) is 0 Å². The average molecular weight is 478 g/mol. The first-order valence-electron chi connectivity index (χ1n) is 9.87. The lowest BCUT2D eigenvalue weighted by Gasteiger charge is -2.20. The van der Waals surface area contributed by atoms with Crippen molar-refractivity contribution in [3.05, 3.63) is 70.0 Å². The number of carbonyl (C=O) groups excluding carboxylic acids is 1. The molecule has 3 rings (SSSR count). The SMILES string of the molecule is CC(c1nnc(SCCC(=O)NCc2ccccc2Cl)n1-c1ccc(Cl)cc1)N(C)C. The molecule has 1 N–H and O–H groups in total. The number of halogens is 2. The molecule has 0 saturated heterocycles. The van der Waals surface area contributed by atoms with Crippen LogP contribution in [0.1, 0.15) is 30.8 Å². The lowest BCUT2D eigenvalue weighted by atomic mass is 10.2. The smallest absolute Gasteiger partial charge is 0.221 e. The Morgan fingerprint density at radius 2 is 1.84 bits per heavy atom. The van der Waals surface area contributed by atoms with Crippen molar-refractivity contribution in [2.24, 2.45) is 0 Å². The van der Waals surface area contributed by atoms with Gasteiger partial charge in [0.2, 0.25) is 5.91 Å². The molecule has 0 bridgehead atoms. The number of nitrogens with zero attached hydrogens (tertiary/aromatic N) is 4. The highest BCUT2D eigenvalue weighted by Crippen LogP contribution is 2.27. The van der Waals surface area contributed by atoms with Gasteiger partial charge in [-0.15, -0.1) is 10.2 Å². The van der Waals surface area contributed by atoms with E-state index in [1.807, 2.05) is 67.2 Å². The largest absolute Gasteiger partial charge is 0.352 e. The fraction of sp³-hybridized carbons (Fsp3) is 0.318. The first kappa shape index (κ1) is 23.6. The Morgan fingerprint density at radius 1 is 1.13 bits per heavy atom. The summed E-state index contributed by atoms with van der Waals surface area (Å²) in [6, 6.07) is 15.1. The molecule has 0 saturated carbocycles. The third kappa shape index (κ3) is 6.23. The summed E-state index contributed by atoms with van der Waals surface area (Å²) in [6.07, 6.45) is 0.362. The van der Waals surface area contributed by atoms with E-state index in [0.717, 1.165) is 22.2 Å². The predicted molar refractivity (Wildman–Crippen MR) is 127 cm³/mol. The van der Waals surface area contributed by atoms with Crippen LogP contribution < -0.4 is 5.32 Å². The van der Waals surface area contributed by atoms with E-state index >= 15 is 0 Å². The maximum atomic E-state index is 12.3. The van der Waals surface area contributed by atoms with Gasteiger partial charge in [0.25, 0.3) is 0 Å². The molecular weight excluding hydrogens is 453 g/mol. The number of hydrogen-bond acceptors (Lipinski definition) is 5. The zero-order chi connectivity index (χ0) is 22.4. The van der Waals surface area contributed by atoms with Crippen LogP contribution in [-0.2, 0) is 11.3 Å². The van der Waals surface area contributed by atoms with E-state index in [1.54, 1.807) is 0 Å². The molecule has 9 heteroatoms. The van der Waals surface area contributed by atoms with Gasteiger partial charge in [0, 0.05) is 34.5 Å². The van der Waals surface area contributed by atoms with Crippen LogP contribution in [0.2, 0.25) is 10.0 Å². The summed E-state index contributed by atoms with van der Waals surface area (Å²) in [4.78, 5) is 14.4. The zero-order valence-corrected chi connectivity index (χ0v) is 20.0. The maximum absolute atomic E-state index is 12.3. The Kier molecular flexibility index (Phi) is 8.37. The molecule has 0 fully saturated rings. The van der Waals surface area contributed by atoms with Crippen molar-refractivity contribution in [1.82, 2.24) is 25.0 Å². The molecule has 1 amide bonds. The third-order valence-corrected chi connectivity index (χ3v) is 6.44. The molecule has 0 aliphatic rings. The van der Waals surface area contributed by atoms with Gasteiger partial charge in [-0.05, 0) is 56.9 Å². The summed E-state index contributed by atoms with van der Waals surface area (Å²) in [5.41, 5.74) is 1.83. The molecule has 3 aromatic rings. The second-order valence-corrected chi connectivity index (χ2v) is 9.16. The predicted octanol–water partition coefficient (Wildman–Crippen LogP) is 5.00. The highest BCUT2D eigenvalue weighted by atomic mass is 35.5. The number of nitrogens with one attached hydrogen (secondary N) is 1. The second kappa shape index (κ2) is 11.0. The van der Waals surface area contributed by atoms with Crippen LogP contribution >= 0.6 is 35.0 Å². The van der Waals surface area contributed by atoms with E-state index < -0.39 is 0 Å². The van der Waals surface area contributed by atoms with Gasteiger partial charge in [0.1, 0.15) is 0 Å². The quantitative estimate of drug-likeness (QED) is 0.439. The van der Waals surface area contributed by atoms with Crippen molar-refractivity contribution in [3.63, 3.8) is 0 Å². The number of rotatable bonds is 9. The number of hydrogen-bond donors (Lipinski definition) is 1. The normalized spacial score (nSPS) is 12.2. The Morgan fingerprint density at radius 3 is 2.52 bits per heavy atom. The molecule has 2 aromatic carbocycles. The van der Waals surface area contributed by atoms with Crippen molar-refractivity contribution < 1.29 is 4.79 Å². The summed E-state index contributed by atoms with van der Waals surface area (Å²) < 4.78 is 2.02. The van der Waals surface area contributed by atoms with Crippen molar-refractivity contribution in [3.8, 4) is 5.69 Å². The Hall–Kier alpha value is -2.06. The fourth-order valence-electron chi connectivity index (χ4n) is 2.87. The van der Waals surface area contributed by atoms with Gasteiger partial charge in [-0.25, -0.2) is 0 Å². The average Bonchev–Trinajstić information content (AvgIpc) is 3.16. The molecule has 0 radical (unpaired) electrons. The van der Waals surface area contributed by atoms with Crippen molar-refractivity contribution >= 4 is 40.9 Å². The van der Waals surface area contributed by atoms with Gasteiger partial charge in [0.05, 0.1) is 6.04 Å². The fourth-order valence-corrected chi connectivity index (χ4v) is 4.09. The molecular formula is C22H25Cl2N5OS. The third-order valence-electron chi connectivity index (χ3n) is 4.89. The van der Waals surface area contributed by atoms with Gasteiger partial charge >= 0.3 is 0 Å². The van der Waals surface area contributed by atoms with E-state index in [9.17, 15) is 4.79 Å². The van der Waals surface area contributed by atoms with E-state index in [0.29, 0.717) is 28.8 Å². The molecule has 164 valence electrons. The van der Waals surface area contributed by atoms with Gasteiger partial charge in [-0.1, -0.05) is 53.2 Å². The standard InChI is InChI=1S/C22H25Cl2N5OS/c1-15(28(2)3)21-26-27-22(29(21)18-10-8-17(23)9-11-18)31-13-12-20(30)25-14-16-6-4-5-7-19(16)24/h4-11,15H,12-14H2,1-3H3,(H,25,30). The molecule has 0 aliphatic heterocycles. The van der Waals surface area contributed by atoms with Gasteiger partial charge < -0.3 is 5.32 Å². The van der Waals surface area contributed by atoms with E-state index in [1.165, 1.54) is 11.8 Å². The van der Waals surface area contributed by atoms with Crippen LogP contribution in [0, 0.1) is 0 Å². The van der Waals surface area contributed by atoms with E-state index in [2.05, 4.69) is 27.3 Å². The molecule has 6 nitrogen and oxygen atoms in total. The topological polar surface area (TPSA) is 63.1 Å². The lowest BCUT2D eigenvalue weighted by molar-refractivity contribution is -0.120. The molecule has 1 heterocycles. The van der Waals surface area contributed by atoms with Crippen molar-refractivity contribution in [2.75, 3.05) is 19.8 Å². The van der Waals surface area contributed by atoms with Crippen LogP contribution in [0.25, 0.3) is 5.69 Å². The van der Waals surface area contributed by atoms with Crippen molar-refractivity contribution in [1.29, 1.82) is 0 Å². The summed E-state index contributed by atoms with van der Waals surface area (Å²) in [5.74, 6) is 1.38. The summed E-state index contributed by atoms with van der Waals surface area (Å²) in [5, 5.41) is 13.8. The van der Waals surface area contributed by atoms with Crippen LogP contribution in [0.5, 0.6) is 0 Å². The minimum absolute atomic E-state index is 0.0353. The summed E-state index contributed by atoms with van der Waals surface area (Å²) >= 11 is 13.7. The van der Waals surface area contributed by atoms with Crippen LogP contribution in [0.4, 0.5) is 0 Å². The molecule has 1 atom stereocenters. The van der Waals surface area contributed by atoms with Crippen LogP contribution in [-0.4, -0.2) is 45.4 Å². The first-order chi connectivity index (χ1) is 14.9. The highest BCUT2D eigenvalue weighted by Gasteiger charge is 2.21. The summed E-state index contributed by atoms with van der Waals surface area (Å²) in [7, 11) is 4.00. The monoisotopic (exact) mass is 477 g/mol. The summed E-state index contributed by atoms with van der Waals surface area (Å²) in [6.45, 7) is 2.49. The first-order valence-corrected chi connectivity index (χ1v) is 11.6. The second-order valence-electron chi connectivity index (χ2n) is 7.26. The van der Waals surface area contributed by atoms with Crippen LogP contribution in [0.3, 0.4) is 0 Å². The Bertz CT molecular complexity index is 1020. The maximum Gasteiger partial charge on any atom is 0.221 e. The number of thioether (sulfide) groups is 1. The van der Waals surface area contributed by atoms with Gasteiger partial charge in [-0.3, -0.25) is 14.3 Å². The minimum atomic E-state index is -0.0353. The minimum Gasteiger partial charge on any atom is -0.352 e. The molecule has 31 heavy (non-hydrogen) atoms. The number of benzene rings is 2. The molecule has 1 aromatic heterocycles. The Balaban J connectivity index is 1.66. The lowest BCUT2D eigenvalue weighted by Crippen LogP contribution is -2.23.